The Hall–Kier alpha value is -1.72. The highest BCUT2D eigenvalue weighted by atomic mass is 32.2. The largest absolute Gasteiger partial charge is 0.365 e. The summed E-state index contributed by atoms with van der Waals surface area (Å²) in [4.78, 5) is 0.833. The zero-order valence-electron chi connectivity index (χ0n) is 11.7. The lowest BCUT2D eigenvalue weighted by molar-refractivity contribution is 0.594. The van der Waals surface area contributed by atoms with Crippen molar-refractivity contribution in [2.75, 3.05) is 5.88 Å². The van der Waals surface area contributed by atoms with Crippen molar-refractivity contribution in [2.45, 2.75) is 18.2 Å². The van der Waals surface area contributed by atoms with Crippen LogP contribution in [-0.4, -0.2) is 19.3 Å². The molecule has 0 heterocycles. The number of hydrogen-bond acceptors (Lipinski definition) is 3. The average Bonchev–Trinajstić information content (AvgIpc) is 2.47. The highest BCUT2D eigenvalue weighted by Gasteiger charge is 2.14. The Morgan fingerprint density at radius 1 is 1.05 bits per heavy atom. The molecule has 3 nitrogen and oxygen atoms in total. The van der Waals surface area contributed by atoms with Gasteiger partial charge in [0.1, 0.15) is 5.88 Å². The first-order valence-corrected chi connectivity index (χ1v) is 8.63. The van der Waals surface area contributed by atoms with Crippen molar-refractivity contribution >= 4 is 27.0 Å². The molecule has 0 saturated carbocycles. The fraction of sp³-hybridized carbons (Fsp3) is 0.188. The third kappa shape index (κ3) is 4.65. The van der Waals surface area contributed by atoms with Gasteiger partial charge in [0.05, 0.1) is 9.88 Å². The van der Waals surface area contributed by atoms with Crippen LogP contribution in [0.4, 0.5) is 0 Å². The van der Waals surface area contributed by atoms with Crippen LogP contribution >= 0.6 is 12.2 Å². The molecule has 5 heteroatoms. The van der Waals surface area contributed by atoms with Crippen LogP contribution in [0.15, 0.2) is 59.5 Å². The van der Waals surface area contributed by atoms with Crippen LogP contribution in [0.5, 0.6) is 0 Å². The van der Waals surface area contributed by atoms with Gasteiger partial charge in [0.15, 0.2) is 9.84 Å². The van der Waals surface area contributed by atoms with E-state index < -0.39 is 9.84 Å². The van der Waals surface area contributed by atoms with Crippen LogP contribution in [0.3, 0.4) is 0 Å². The summed E-state index contributed by atoms with van der Waals surface area (Å²) in [6.45, 7) is 1.92. The van der Waals surface area contributed by atoms with Crippen LogP contribution in [0.1, 0.15) is 11.1 Å². The molecule has 0 aliphatic rings. The van der Waals surface area contributed by atoms with Crippen molar-refractivity contribution in [3.63, 3.8) is 0 Å². The molecule has 0 spiro atoms. The van der Waals surface area contributed by atoms with E-state index in [1.54, 1.807) is 24.3 Å². The van der Waals surface area contributed by atoms with Gasteiger partial charge in [-0.3, -0.25) is 0 Å². The van der Waals surface area contributed by atoms with Crippen LogP contribution in [0.25, 0.3) is 0 Å². The average molecular weight is 319 g/mol. The number of rotatable bonds is 5. The van der Waals surface area contributed by atoms with Crippen molar-refractivity contribution in [2.24, 2.45) is 0 Å². The summed E-state index contributed by atoms with van der Waals surface area (Å²) in [7, 11) is -3.36. The molecule has 2 aromatic carbocycles. The molecule has 0 fully saturated rings. The maximum Gasteiger partial charge on any atom is 0.196 e. The zero-order chi connectivity index (χ0) is 15.3. The molecule has 0 amide bonds. The first-order chi connectivity index (χ1) is 9.97. The Morgan fingerprint density at radius 3 is 2.29 bits per heavy atom. The summed E-state index contributed by atoms with van der Waals surface area (Å²) in [6.07, 6.45) is 0.541. The predicted octanol–water partition coefficient (Wildman–Crippen LogP) is 2.89. The normalized spacial score (nSPS) is 11.1. The molecule has 0 aromatic heterocycles. The second-order valence-electron chi connectivity index (χ2n) is 4.83. The van der Waals surface area contributed by atoms with E-state index in [2.05, 4.69) is 5.32 Å². The second-order valence-corrected chi connectivity index (χ2v) is 7.32. The molecule has 21 heavy (non-hydrogen) atoms. The first kappa shape index (κ1) is 15.7. The van der Waals surface area contributed by atoms with Gasteiger partial charge in [-0.05, 0) is 24.6 Å². The first-order valence-electron chi connectivity index (χ1n) is 6.57. The molecule has 0 saturated heterocycles. The van der Waals surface area contributed by atoms with Crippen molar-refractivity contribution < 1.29 is 8.42 Å². The fourth-order valence-electron chi connectivity index (χ4n) is 1.85. The molecular formula is C16H17NO2S2. The van der Waals surface area contributed by atoms with E-state index in [0.717, 1.165) is 11.1 Å². The lowest BCUT2D eigenvalue weighted by atomic mass is 10.1. The molecule has 2 aromatic rings. The van der Waals surface area contributed by atoms with Crippen molar-refractivity contribution in [1.29, 1.82) is 0 Å². The Balaban J connectivity index is 1.95. The predicted molar refractivity (Wildman–Crippen MR) is 89.1 cm³/mol. The van der Waals surface area contributed by atoms with Gasteiger partial charge in [-0.15, -0.1) is 0 Å². The van der Waals surface area contributed by atoms with Gasteiger partial charge in [-0.2, -0.15) is 0 Å². The van der Waals surface area contributed by atoms with Crippen molar-refractivity contribution in [3.05, 3.63) is 65.7 Å². The van der Waals surface area contributed by atoms with Gasteiger partial charge in [0, 0.05) is 6.42 Å². The van der Waals surface area contributed by atoms with Crippen LogP contribution in [-0.2, 0) is 16.3 Å². The second kappa shape index (κ2) is 6.83. The summed E-state index contributed by atoms with van der Waals surface area (Å²) < 4.78 is 24.4. The summed E-state index contributed by atoms with van der Waals surface area (Å²) in [5, 5.41) is 2.83. The molecule has 0 radical (unpaired) electrons. The van der Waals surface area contributed by atoms with Gasteiger partial charge in [-0.1, -0.05) is 60.2 Å². The van der Waals surface area contributed by atoms with E-state index in [1.807, 2.05) is 37.3 Å². The third-order valence-corrected chi connectivity index (χ3v) is 4.85. The van der Waals surface area contributed by atoms with E-state index in [1.165, 1.54) is 0 Å². The van der Waals surface area contributed by atoms with Crippen molar-refractivity contribution in [1.82, 2.24) is 5.32 Å². The number of thiocarbonyl (C=S) groups is 1. The number of sulfone groups is 1. The number of nitrogens with one attached hydrogen (secondary N) is 1. The Kier molecular flexibility index (Phi) is 5.09. The molecule has 0 atom stereocenters. The maximum atomic E-state index is 12.2. The smallest absolute Gasteiger partial charge is 0.196 e. The third-order valence-electron chi connectivity index (χ3n) is 3.05. The topological polar surface area (TPSA) is 46.2 Å². The molecule has 2 rings (SSSR count). The SMILES string of the molecule is Cc1ccc(S(=O)(=O)CNC(=S)Cc2ccccc2)cc1. The van der Waals surface area contributed by atoms with E-state index in [-0.39, 0.29) is 5.88 Å². The van der Waals surface area contributed by atoms with Gasteiger partial charge in [-0.25, -0.2) is 8.42 Å². The standard InChI is InChI=1S/C16H17NO2S2/c1-13-7-9-15(10-8-13)21(18,19)12-17-16(20)11-14-5-3-2-4-6-14/h2-10H,11-12H2,1H3,(H,17,20). The van der Waals surface area contributed by atoms with Crippen LogP contribution in [0, 0.1) is 6.92 Å². The van der Waals surface area contributed by atoms with E-state index in [9.17, 15) is 8.42 Å². The Morgan fingerprint density at radius 2 is 1.67 bits per heavy atom. The number of hydrogen-bond donors (Lipinski definition) is 1. The maximum absolute atomic E-state index is 12.2. The van der Waals surface area contributed by atoms with E-state index in [0.29, 0.717) is 16.3 Å². The summed E-state index contributed by atoms with van der Waals surface area (Å²) in [5.74, 6) is -0.179. The molecule has 0 bridgehead atoms. The molecule has 0 aliphatic carbocycles. The minimum atomic E-state index is -3.36. The molecular weight excluding hydrogens is 302 g/mol. The van der Waals surface area contributed by atoms with Gasteiger partial charge in [0.2, 0.25) is 0 Å². The summed E-state index contributed by atoms with van der Waals surface area (Å²) in [6, 6.07) is 16.5. The van der Waals surface area contributed by atoms with Crippen molar-refractivity contribution in [3.8, 4) is 0 Å². The lowest BCUT2D eigenvalue weighted by Crippen LogP contribution is -2.29. The summed E-state index contributed by atoms with van der Waals surface area (Å²) >= 11 is 5.20. The van der Waals surface area contributed by atoms with Crippen LogP contribution < -0.4 is 5.32 Å². The highest BCUT2D eigenvalue weighted by molar-refractivity contribution is 7.91. The monoisotopic (exact) mass is 319 g/mol. The molecule has 0 aliphatic heterocycles. The van der Waals surface area contributed by atoms with Gasteiger partial charge in [0.25, 0.3) is 0 Å². The van der Waals surface area contributed by atoms with Gasteiger partial charge >= 0.3 is 0 Å². The van der Waals surface area contributed by atoms with E-state index >= 15 is 0 Å². The Bertz CT molecular complexity index is 708. The van der Waals surface area contributed by atoms with E-state index in [4.69, 9.17) is 12.2 Å². The fourth-order valence-corrected chi connectivity index (χ4v) is 3.26. The van der Waals surface area contributed by atoms with Gasteiger partial charge < -0.3 is 5.32 Å². The molecule has 110 valence electrons. The molecule has 0 unspecified atom stereocenters. The highest BCUT2D eigenvalue weighted by Crippen LogP contribution is 2.11. The lowest BCUT2D eigenvalue weighted by Gasteiger charge is -2.09. The minimum absolute atomic E-state index is 0.179. The quantitative estimate of drug-likeness (QED) is 0.861. The number of aryl methyl sites for hydroxylation is 1. The Labute approximate surface area is 130 Å². The van der Waals surface area contributed by atoms with Crippen LogP contribution in [0.2, 0.25) is 0 Å². The molecule has 1 N–H and O–H groups in total. The zero-order valence-corrected chi connectivity index (χ0v) is 13.4. The summed E-state index contributed by atoms with van der Waals surface area (Å²) in [5.41, 5.74) is 2.09. The minimum Gasteiger partial charge on any atom is -0.365 e. The number of benzene rings is 2.